The van der Waals surface area contributed by atoms with E-state index < -0.39 is 0 Å². The van der Waals surface area contributed by atoms with E-state index in [1.165, 1.54) is 34.8 Å². The third kappa shape index (κ3) is 4.67. The second-order valence-corrected chi connectivity index (χ2v) is 8.60. The number of anilines is 1. The quantitative estimate of drug-likeness (QED) is 0.297. The van der Waals surface area contributed by atoms with Gasteiger partial charge in [-0.15, -0.1) is 11.3 Å². The average Bonchev–Trinajstić information content (AvgIpc) is 3.32. The number of carbonyl (C=O) groups is 1. The first-order valence-corrected chi connectivity index (χ1v) is 11.7. The highest BCUT2D eigenvalue weighted by molar-refractivity contribution is 7.99. The van der Waals surface area contributed by atoms with Crippen molar-refractivity contribution < 1.29 is 19.0 Å². The SMILES string of the molecule is COc1ccc(NC(=O)CSc2nc3ccsc3c(=O)n2-c2ccccc2OC)c(OC)c1. The van der Waals surface area contributed by atoms with Gasteiger partial charge in [0.2, 0.25) is 5.91 Å². The van der Waals surface area contributed by atoms with Crippen molar-refractivity contribution in [1.82, 2.24) is 9.55 Å². The van der Waals surface area contributed by atoms with Crippen molar-refractivity contribution in [3.63, 3.8) is 0 Å². The van der Waals surface area contributed by atoms with E-state index >= 15 is 0 Å². The number of nitrogens with zero attached hydrogens (tertiary/aromatic N) is 2. The highest BCUT2D eigenvalue weighted by Gasteiger charge is 2.18. The van der Waals surface area contributed by atoms with Gasteiger partial charge in [0.25, 0.3) is 5.56 Å². The fourth-order valence-corrected chi connectivity index (χ4v) is 4.80. The van der Waals surface area contributed by atoms with Gasteiger partial charge in [-0.1, -0.05) is 23.9 Å². The molecular weight excluding hydrogens is 462 g/mol. The number of fused-ring (bicyclic) bond motifs is 1. The molecule has 2 aromatic carbocycles. The Hall–Kier alpha value is -3.50. The molecule has 0 fully saturated rings. The smallest absolute Gasteiger partial charge is 0.276 e. The van der Waals surface area contributed by atoms with Crippen molar-refractivity contribution in [2.45, 2.75) is 5.16 Å². The van der Waals surface area contributed by atoms with E-state index in [0.717, 1.165) is 0 Å². The molecule has 2 aromatic heterocycles. The maximum atomic E-state index is 13.3. The Balaban J connectivity index is 1.64. The molecule has 4 aromatic rings. The molecule has 0 spiro atoms. The maximum Gasteiger partial charge on any atom is 0.276 e. The Morgan fingerprint density at radius 3 is 2.61 bits per heavy atom. The van der Waals surface area contributed by atoms with Crippen molar-refractivity contribution >= 4 is 44.9 Å². The molecule has 2 heterocycles. The van der Waals surface area contributed by atoms with Crippen LogP contribution in [0, 0.1) is 0 Å². The Morgan fingerprint density at radius 1 is 1.06 bits per heavy atom. The van der Waals surface area contributed by atoms with Crippen molar-refractivity contribution in [1.29, 1.82) is 0 Å². The summed E-state index contributed by atoms with van der Waals surface area (Å²) in [5.41, 5.74) is 1.47. The lowest BCUT2D eigenvalue weighted by molar-refractivity contribution is -0.113. The summed E-state index contributed by atoms with van der Waals surface area (Å²) in [5, 5.41) is 5.05. The number of aromatic nitrogens is 2. The highest BCUT2D eigenvalue weighted by Crippen LogP contribution is 2.30. The predicted molar refractivity (Wildman–Crippen MR) is 131 cm³/mol. The molecule has 10 heteroatoms. The average molecular weight is 484 g/mol. The number of carbonyl (C=O) groups excluding carboxylic acids is 1. The first kappa shape index (κ1) is 22.7. The lowest BCUT2D eigenvalue weighted by atomic mass is 10.2. The molecule has 33 heavy (non-hydrogen) atoms. The van der Waals surface area contributed by atoms with Gasteiger partial charge in [0.15, 0.2) is 5.16 Å². The summed E-state index contributed by atoms with van der Waals surface area (Å²) < 4.78 is 18.0. The predicted octanol–water partition coefficient (Wildman–Crippen LogP) is 4.20. The number of ether oxygens (including phenoxy) is 3. The van der Waals surface area contributed by atoms with Crippen LogP contribution in [-0.4, -0.2) is 42.5 Å². The summed E-state index contributed by atoms with van der Waals surface area (Å²) in [6.45, 7) is 0. The molecule has 0 saturated carbocycles. The Bertz CT molecular complexity index is 1370. The summed E-state index contributed by atoms with van der Waals surface area (Å²) in [5.74, 6) is 1.40. The van der Waals surface area contributed by atoms with Crippen LogP contribution in [0.4, 0.5) is 5.69 Å². The monoisotopic (exact) mass is 483 g/mol. The van der Waals surface area contributed by atoms with Crippen molar-refractivity contribution in [2.75, 3.05) is 32.4 Å². The second-order valence-electron chi connectivity index (χ2n) is 6.74. The number of rotatable bonds is 8. The molecule has 1 N–H and O–H groups in total. The summed E-state index contributed by atoms with van der Waals surface area (Å²) in [4.78, 5) is 30.7. The normalized spacial score (nSPS) is 10.8. The summed E-state index contributed by atoms with van der Waals surface area (Å²) >= 11 is 2.49. The number of nitrogens with one attached hydrogen (secondary N) is 1. The van der Waals surface area contributed by atoms with Gasteiger partial charge in [-0.25, -0.2) is 4.98 Å². The van der Waals surface area contributed by atoms with Crippen LogP contribution < -0.4 is 25.1 Å². The van der Waals surface area contributed by atoms with Gasteiger partial charge in [-0.2, -0.15) is 0 Å². The number of hydrogen-bond acceptors (Lipinski definition) is 8. The van der Waals surface area contributed by atoms with Crippen LogP contribution in [0.2, 0.25) is 0 Å². The third-order valence-electron chi connectivity index (χ3n) is 4.79. The molecule has 0 unspecified atom stereocenters. The fourth-order valence-electron chi connectivity index (χ4n) is 3.23. The van der Waals surface area contributed by atoms with Gasteiger partial charge in [-0.3, -0.25) is 14.2 Å². The molecule has 4 rings (SSSR count). The van der Waals surface area contributed by atoms with Crippen molar-refractivity contribution in [2.24, 2.45) is 0 Å². The number of para-hydroxylation sites is 2. The molecule has 0 radical (unpaired) electrons. The van der Waals surface area contributed by atoms with Crippen LogP contribution >= 0.6 is 23.1 Å². The Morgan fingerprint density at radius 2 is 1.85 bits per heavy atom. The van der Waals surface area contributed by atoms with Crippen LogP contribution in [0.15, 0.2) is 63.9 Å². The molecule has 0 atom stereocenters. The van der Waals surface area contributed by atoms with Crippen molar-refractivity contribution in [3.05, 3.63) is 64.3 Å². The van der Waals surface area contributed by atoms with Gasteiger partial charge >= 0.3 is 0 Å². The minimum atomic E-state index is -0.269. The molecule has 0 aliphatic heterocycles. The van der Waals surface area contributed by atoms with E-state index in [1.807, 2.05) is 17.5 Å². The number of benzene rings is 2. The van der Waals surface area contributed by atoms with E-state index in [0.29, 0.717) is 44.0 Å². The van der Waals surface area contributed by atoms with Crippen LogP contribution in [0.1, 0.15) is 0 Å². The lowest BCUT2D eigenvalue weighted by Crippen LogP contribution is -2.22. The second kappa shape index (κ2) is 9.97. The molecule has 8 nitrogen and oxygen atoms in total. The molecule has 1 amide bonds. The number of methoxy groups -OCH3 is 3. The van der Waals surface area contributed by atoms with Gasteiger partial charge in [0.1, 0.15) is 21.9 Å². The summed E-state index contributed by atoms with van der Waals surface area (Å²) in [6.07, 6.45) is 0. The first-order valence-electron chi connectivity index (χ1n) is 9.84. The highest BCUT2D eigenvalue weighted by atomic mass is 32.2. The minimum absolute atomic E-state index is 0.0341. The Labute approximate surface area is 198 Å². The van der Waals surface area contributed by atoms with E-state index in [9.17, 15) is 9.59 Å². The van der Waals surface area contributed by atoms with E-state index in [1.54, 1.807) is 50.6 Å². The van der Waals surface area contributed by atoms with Gasteiger partial charge in [0.05, 0.1) is 44.0 Å². The third-order valence-corrected chi connectivity index (χ3v) is 6.62. The lowest BCUT2D eigenvalue weighted by Gasteiger charge is -2.15. The number of thiophene rings is 1. The summed E-state index contributed by atoms with van der Waals surface area (Å²) in [7, 11) is 4.62. The fraction of sp³-hybridized carbons (Fsp3) is 0.174. The molecular formula is C23H21N3O5S2. The molecule has 0 aliphatic carbocycles. The zero-order chi connectivity index (χ0) is 23.4. The number of thioether (sulfide) groups is 1. The van der Waals surface area contributed by atoms with E-state index in [4.69, 9.17) is 14.2 Å². The molecule has 0 saturated heterocycles. The zero-order valence-electron chi connectivity index (χ0n) is 18.2. The standard InChI is InChI=1S/C23H21N3O5S2/c1-29-14-8-9-15(19(12-14)31-3)24-20(27)13-33-23-25-16-10-11-32-21(16)22(28)26(23)17-6-4-5-7-18(17)30-2/h4-12H,13H2,1-3H3,(H,24,27). The van der Waals surface area contributed by atoms with Crippen molar-refractivity contribution in [3.8, 4) is 22.9 Å². The number of amides is 1. The molecule has 0 aliphatic rings. The zero-order valence-corrected chi connectivity index (χ0v) is 19.8. The van der Waals surface area contributed by atoms with Crippen LogP contribution in [0.3, 0.4) is 0 Å². The Kier molecular flexibility index (Phi) is 6.85. The van der Waals surface area contributed by atoms with Gasteiger partial charge in [0, 0.05) is 6.07 Å². The number of hydrogen-bond donors (Lipinski definition) is 1. The van der Waals surface area contributed by atoms with Crippen LogP contribution in [0.5, 0.6) is 17.2 Å². The van der Waals surface area contributed by atoms with E-state index in [-0.39, 0.29) is 17.2 Å². The largest absolute Gasteiger partial charge is 0.497 e. The minimum Gasteiger partial charge on any atom is -0.497 e. The van der Waals surface area contributed by atoms with Crippen LogP contribution in [-0.2, 0) is 4.79 Å². The van der Waals surface area contributed by atoms with Gasteiger partial charge in [-0.05, 0) is 35.7 Å². The summed E-state index contributed by atoms with van der Waals surface area (Å²) in [6, 6.07) is 14.1. The maximum absolute atomic E-state index is 13.3. The molecule has 0 bridgehead atoms. The first-order chi connectivity index (χ1) is 16.0. The topological polar surface area (TPSA) is 91.7 Å². The van der Waals surface area contributed by atoms with Crippen LogP contribution in [0.25, 0.3) is 15.9 Å². The molecule has 170 valence electrons. The van der Waals surface area contributed by atoms with Gasteiger partial charge < -0.3 is 19.5 Å². The van der Waals surface area contributed by atoms with E-state index in [2.05, 4.69) is 10.3 Å².